The lowest BCUT2D eigenvalue weighted by molar-refractivity contribution is -0.387. The van der Waals surface area contributed by atoms with Crippen molar-refractivity contribution in [3.8, 4) is 0 Å². The Morgan fingerprint density at radius 3 is 2.71 bits per heavy atom. The molecule has 0 atom stereocenters. The lowest BCUT2D eigenvalue weighted by Crippen LogP contribution is -2.10. The molecule has 1 aromatic rings. The normalized spacial score (nSPS) is 10.1. The van der Waals surface area contributed by atoms with Gasteiger partial charge >= 0.3 is 11.7 Å². The molecule has 0 fully saturated rings. The van der Waals surface area contributed by atoms with E-state index in [1.807, 2.05) is 0 Å². The van der Waals surface area contributed by atoms with Gasteiger partial charge in [0.2, 0.25) is 5.82 Å². The first-order valence-electron chi connectivity index (χ1n) is 5.04. The number of nitro benzene ring substituents is 1. The maximum absolute atomic E-state index is 13.7. The summed E-state index contributed by atoms with van der Waals surface area (Å²) in [4.78, 5) is 21.0. The van der Waals surface area contributed by atoms with E-state index in [1.165, 1.54) is 6.07 Å². The summed E-state index contributed by atoms with van der Waals surface area (Å²) in [5, 5.41) is 10.6. The number of carbonyl (C=O) groups is 1. The van der Waals surface area contributed by atoms with Crippen LogP contribution in [0.5, 0.6) is 0 Å². The van der Waals surface area contributed by atoms with Crippen LogP contribution >= 0.6 is 0 Å². The summed E-state index contributed by atoms with van der Waals surface area (Å²) in [6.45, 7) is 3.42. The zero-order valence-electron chi connectivity index (χ0n) is 9.53. The minimum Gasteiger partial charge on any atom is -0.466 e. The highest BCUT2D eigenvalue weighted by atomic mass is 19.1. The van der Waals surface area contributed by atoms with E-state index in [9.17, 15) is 19.3 Å². The molecule has 0 aliphatic rings. The van der Waals surface area contributed by atoms with Crippen LogP contribution in [0.2, 0.25) is 0 Å². The highest BCUT2D eigenvalue weighted by molar-refractivity contribution is 5.73. The lowest BCUT2D eigenvalue weighted by Gasteiger charge is -2.05. The number of halogens is 1. The van der Waals surface area contributed by atoms with Gasteiger partial charge in [-0.1, -0.05) is 6.07 Å². The maximum atomic E-state index is 13.7. The Labute approximate surface area is 97.3 Å². The molecule has 1 aromatic carbocycles. The second kappa shape index (κ2) is 5.38. The summed E-state index contributed by atoms with van der Waals surface area (Å²) in [6.07, 6.45) is -0.303. The second-order valence-corrected chi connectivity index (χ2v) is 3.50. The van der Waals surface area contributed by atoms with Crippen LogP contribution in [0.15, 0.2) is 12.1 Å². The largest absolute Gasteiger partial charge is 0.466 e. The van der Waals surface area contributed by atoms with Gasteiger partial charge in [0.25, 0.3) is 0 Å². The highest BCUT2D eigenvalue weighted by Crippen LogP contribution is 2.23. The zero-order chi connectivity index (χ0) is 13.0. The van der Waals surface area contributed by atoms with Crippen LogP contribution in [-0.2, 0) is 16.0 Å². The van der Waals surface area contributed by atoms with E-state index in [0.717, 1.165) is 6.07 Å². The van der Waals surface area contributed by atoms with E-state index in [-0.39, 0.29) is 18.6 Å². The first-order chi connectivity index (χ1) is 7.95. The van der Waals surface area contributed by atoms with Crippen molar-refractivity contribution in [2.45, 2.75) is 20.3 Å². The summed E-state index contributed by atoms with van der Waals surface area (Å²) in [5.74, 6) is -1.58. The van der Waals surface area contributed by atoms with Gasteiger partial charge in [-0.2, -0.15) is 4.39 Å². The van der Waals surface area contributed by atoms with Crippen molar-refractivity contribution < 1.29 is 18.8 Å². The van der Waals surface area contributed by atoms with Crippen molar-refractivity contribution in [1.82, 2.24) is 0 Å². The van der Waals surface area contributed by atoms with Gasteiger partial charge < -0.3 is 4.74 Å². The van der Waals surface area contributed by atoms with E-state index in [0.29, 0.717) is 5.56 Å². The number of nitro groups is 1. The van der Waals surface area contributed by atoms with Gasteiger partial charge in [0.05, 0.1) is 18.0 Å². The molecule has 0 N–H and O–H groups in total. The molecule has 0 saturated heterocycles. The van der Waals surface area contributed by atoms with Crippen LogP contribution in [0, 0.1) is 22.9 Å². The van der Waals surface area contributed by atoms with Crippen LogP contribution in [0.25, 0.3) is 0 Å². The van der Waals surface area contributed by atoms with Crippen molar-refractivity contribution in [3.05, 3.63) is 39.2 Å². The van der Waals surface area contributed by atoms with E-state index in [1.54, 1.807) is 13.8 Å². The fourth-order valence-electron chi connectivity index (χ4n) is 1.45. The fraction of sp³-hybridized carbons (Fsp3) is 0.364. The van der Waals surface area contributed by atoms with Crippen LogP contribution in [0.3, 0.4) is 0 Å². The smallest absolute Gasteiger partial charge is 0.310 e. The molecule has 0 bridgehead atoms. The lowest BCUT2D eigenvalue weighted by atomic mass is 10.1. The standard InChI is InChI=1S/C11H12FNO4/c1-3-17-10(14)6-8-4-7(2)5-9(11(8)12)13(15)16/h4-5H,3,6H2,1-2H3. The average Bonchev–Trinajstić information content (AvgIpc) is 2.22. The van der Waals surface area contributed by atoms with Gasteiger partial charge in [-0.05, 0) is 19.4 Å². The molecular weight excluding hydrogens is 229 g/mol. The van der Waals surface area contributed by atoms with Crippen LogP contribution < -0.4 is 0 Å². The monoisotopic (exact) mass is 241 g/mol. The molecule has 6 heteroatoms. The SMILES string of the molecule is CCOC(=O)Cc1cc(C)cc([N+](=O)[O-])c1F. The number of carbonyl (C=O) groups excluding carboxylic acids is 1. The zero-order valence-corrected chi connectivity index (χ0v) is 9.53. The first-order valence-corrected chi connectivity index (χ1v) is 5.04. The maximum Gasteiger partial charge on any atom is 0.310 e. The van der Waals surface area contributed by atoms with E-state index < -0.39 is 22.4 Å². The summed E-state index contributed by atoms with van der Waals surface area (Å²) in [7, 11) is 0. The number of rotatable bonds is 4. The van der Waals surface area contributed by atoms with Gasteiger partial charge in [0.15, 0.2) is 0 Å². The number of ether oxygens (including phenoxy) is 1. The molecule has 0 aromatic heterocycles. The van der Waals surface area contributed by atoms with Crippen LogP contribution in [-0.4, -0.2) is 17.5 Å². The summed E-state index contributed by atoms with van der Waals surface area (Å²) in [6, 6.07) is 2.53. The molecule has 5 nitrogen and oxygen atoms in total. The minimum atomic E-state index is -0.978. The topological polar surface area (TPSA) is 69.4 Å². The quantitative estimate of drug-likeness (QED) is 0.460. The van der Waals surface area contributed by atoms with E-state index in [4.69, 9.17) is 0 Å². The van der Waals surface area contributed by atoms with E-state index >= 15 is 0 Å². The molecule has 0 amide bonds. The number of hydrogen-bond donors (Lipinski definition) is 0. The molecule has 0 aliphatic carbocycles. The number of nitrogens with zero attached hydrogens (tertiary/aromatic N) is 1. The van der Waals surface area contributed by atoms with Gasteiger partial charge in [-0.3, -0.25) is 14.9 Å². The fourth-order valence-corrected chi connectivity index (χ4v) is 1.45. The molecule has 0 unspecified atom stereocenters. The molecule has 1 rings (SSSR count). The van der Waals surface area contributed by atoms with Crippen LogP contribution in [0.1, 0.15) is 18.1 Å². The third-order valence-electron chi connectivity index (χ3n) is 2.11. The molecular formula is C11H12FNO4. The molecule has 0 aliphatic heterocycles. The van der Waals surface area contributed by atoms with Gasteiger partial charge in [0, 0.05) is 11.6 Å². The van der Waals surface area contributed by atoms with Crippen LogP contribution in [0.4, 0.5) is 10.1 Å². The van der Waals surface area contributed by atoms with Crippen molar-refractivity contribution in [3.63, 3.8) is 0 Å². The Bertz CT molecular complexity index is 459. The van der Waals surface area contributed by atoms with E-state index in [2.05, 4.69) is 4.74 Å². The molecule has 0 spiro atoms. The highest BCUT2D eigenvalue weighted by Gasteiger charge is 2.20. The number of aryl methyl sites for hydroxylation is 1. The van der Waals surface area contributed by atoms with Gasteiger partial charge in [-0.25, -0.2) is 0 Å². The van der Waals surface area contributed by atoms with Crippen molar-refractivity contribution >= 4 is 11.7 Å². The average molecular weight is 241 g/mol. The Morgan fingerprint density at radius 2 is 2.18 bits per heavy atom. The molecule has 0 radical (unpaired) electrons. The number of hydrogen-bond acceptors (Lipinski definition) is 4. The summed E-state index contributed by atoms with van der Waals surface area (Å²) >= 11 is 0. The Kier molecular flexibility index (Phi) is 4.14. The molecule has 0 saturated carbocycles. The number of esters is 1. The Hall–Kier alpha value is -1.98. The predicted molar refractivity (Wildman–Crippen MR) is 58.1 cm³/mol. The third kappa shape index (κ3) is 3.24. The van der Waals surface area contributed by atoms with Gasteiger partial charge in [0.1, 0.15) is 0 Å². The second-order valence-electron chi connectivity index (χ2n) is 3.50. The Balaban J connectivity index is 3.07. The predicted octanol–water partition coefficient (Wildman–Crippen LogP) is 2.15. The molecule has 0 heterocycles. The first kappa shape index (κ1) is 13.1. The van der Waals surface area contributed by atoms with Crippen molar-refractivity contribution in [2.75, 3.05) is 6.61 Å². The number of benzene rings is 1. The summed E-state index contributed by atoms with van der Waals surface area (Å²) in [5.41, 5.74) is -0.114. The Morgan fingerprint density at radius 1 is 1.53 bits per heavy atom. The summed E-state index contributed by atoms with van der Waals surface area (Å²) < 4.78 is 18.3. The van der Waals surface area contributed by atoms with Crippen molar-refractivity contribution in [2.24, 2.45) is 0 Å². The van der Waals surface area contributed by atoms with Gasteiger partial charge in [-0.15, -0.1) is 0 Å². The minimum absolute atomic E-state index is 0.0184. The molecule has 92 valence electrons. The van der Waals surface area contributed by atoms with Crippen molar-refractivity contribution in [1.29, 1.82) is 0 Å². The molecule has 17 heavy (non-hydrogen) atoms. The third-order valence-corrected chi connectivity index (χ3v) is 2.11.